The lowest BCUT2D eigenvalue weighted by Gasteiger charge is -2.16. The molecule has 1 aliphatic heterocycles. The summed E-state index contributed by atoms with van der Waals surface area (Å²) < 4.78 is 10.7. The largest absolute Gasteiger partial charge is 0.442 e. The van der Waals surface area contributed by atoms with Crippen molar-refractivity contribution in [3.63, 3.8) is 0 Å². The zero-order chi connectivity index (χ0) is 12.0. The van der Waals surface area contributed by atoms with E-state index in [1.807, 2.05) is 13.8 Å². The number of amides is 1. The van der Waals surface area contributed by atoms with Crippen molar-refractivity contribution >= 4 is 6.09 Å². The number of hydrogen-bond donors (Lipinski definition) is 0. The lowest BCUT2D eigenvalue weighted by molar-refractivity contribution is 0.0445. The number of hydrogen-bond acceptors (Lipinski definition) is 3. The molecule has 0 spiro atoms. The molecule has 4 nitrogen and oxygen atoms in total. The summed E-state index contributed by atoms with van der Waals surface area (Å²) in [5.74, 6) is 0. The van der Waals surface area contributed by atoms with Gasteiger partial charge in [0.1, 0.15) is 6.10 Å². The van der Waals surface area contributed by atoms with Crippen molar-refractivity contribution in [2.45, 2.75) is 52.2 Å². The van der Waals surface area contributed by atoms with Crippen LogP contribution in [-0.2, 0) is 9.47 Å². The first-order chi connectivity index (χ1) is 7.65. The molecule has 0 bridgehead atoms. The van der Waals surface area contributed by atoms with Crippen molar-refractivity contribution in [1.29, 1.82) is 0 Å². The summed E-state index contributed by atoms with van der Waals surface area (Å²) in [7, 11) is 0. The summed E-state index contributed by atoms with van der Waals surface area (Å²) in [4.78, 5) is 13.1. The maximum Gasteiger partial charge on any atom is 0.410 e. The predicted molar refractivity (Wildman–Crippen MR) is 62.5 cm³/mol. The highest BCUT2D eigenvalue weighted by Gasteiger charge is 2.32. The first kappa shape index (κ1) is 13.3. The fourth-order valence-electron chi connectivity index (χ4n) is 1.72. The topological polar surface area (TPSA) is 38.8 Å². The van der Waals surface area contributed by atoms with Gasteiger partial charge in [0.2, 0.25) is 0 Å². The standard InChI is InChI=1S/C12H23NO3/c1-4-5-6-7-15-9-11-8-13(10(2)3)12(14)16-11/h10-11H,4-9H2,1-3H3. The van der Waals surface area contributed by atoms with Crippen LogP contribution in [0.5, 0.6) is 0 Å². The van der Waals surface area contributed by atoms with Gasteiger partial charge < -0.3 is 14.4 Å². The van der Waals surface area contributed by atoms with E-state index in [0.29, 0.717) is 13.2 Å². The van der Waals surface area contributed by atoms with Gasteiger partial charge in [-0.05, 0) is 20.3 Å². The lowest BCUT2D eigenvalue weighted by Crippen LogP contribution is -2.32. The molecule has 0 N–H and O–H groups in total. The molecule has 16 heavy (non-hydrogen) atoms. The number of unbranched alkanes of at least 4 members (excludes halogenated alkanes) is 2. The van der Waals surface area contributed by atoms with Gasteiger partial charge >= 0.3 is 6.09 Å². The number of carbonyl (C=O) groups is 1. The smallest absolute Gasteiger partial charge is 0.410 e. The van der Waals surface area contributed by atoms with Crippen molar-refractivity contribution in [1.82, 2.24) is 4.90 Å². The van der Waals surface area contributed by atoms with Crippen molar-refractivity contribution in [3.8, 4) is 0 Å². The third-order valence-corrected chi connectivity index (χ3v) is 2.72. The lowest BCUT2D eigenvalue weighted by atomic mass is 10.3. The molecule has 1 atom stereocenters. The number of nitrogens with zero attached hydrogens (tertiary/aromatic N) is 1. The summed E-state index contributed by atoms with van der Waals surface area (Å²) in [5.41, 5.74) is 0. The zero-order valence-electron chi connectivity index (χ0n) is 10.6. The van der Waals surface area contributed by atoms with E-state index in [4.69, 9.17) is 9.47 Å². The summed E-state index contributed by atoms with van der Waals surface area (Å²) in [5, 5.41) is 0. The Hall–Kier alpha value is -0.770. The molecule has 0 aromatic carbocycles. The van der Waals surface area contributed by atoms with Crippen LogP contribution in [0.4, 0.5) is 4.79 Å². The van der Waals surface area contributed by atoms with Crippen molar-refractivity contribution in [2.24, 2.45) is 0 Å². The maximum absolute atomic E-state index is 11.4. The SMILES string of the molecule is CCCCCOCC1CN(C(C)C)C(=O)O1. The Morgan fingerprint density at radius 1 is 1.50 bits per heavy atom. The van der Waals surface area contributed by atoms with Crippen LogP contribution in [0.3, 0.4) is 0 Å². The molecule has 1 rings (SSSR count). The second-order valence-electron chi connectivity index (χ2n) is 4.53. The van der Waals surface area contributed by atoms with E-state index < -0.39 is 0 Å². The molecule has 0 radical (unpaired) electrons. The number of carbonyl (C=O) groups excluding carboxylic acids is 1. The van der Waals surface area contributed by atoms with Crippen LogP contribution < -0.4 is 0 Å². The van der Waals surface area contributed by atoms with Crippen LogP contribution in [0, 0.1) is 0 Å². The second kappa shape index (κ2) is 6.74. The number of cyclic esters (lactones) is 1. The van der Waals surface area contributed by atoms with Crippen LogP contribution in [0.15, 0.2) is 0 Å². The molecule has 0 saturated carbocycles. The quantitative estimate of drug-likeness (QED) is 0.629. The van der Waals surface area contributed by atoms with Crippen molar-refractivity contribution in [2.75, 3.05) is 19.8 Å². The monoisotopic (exact) mass is 229 g/mol. The van der Waals surface area contributed by atoms with Gasteiger partial charge in [-0.1, -0.05) is 19.8 Å². The average molecular weight is 229 g/mol. The third-order valence-electron chi connectivity index (χ3n) is 2.72. The van der Waals surface area contributed by atoms with E-state index in [0.717, 1.165) is 13.0 Å². The Labute approximate surface area is 97.9 Å². The highest BCUT2D eigenvalue weighted by Crippen LogP contribution is 2.14. The van der Waals surface area contributed by atoms with Gasteiger partial charge in [-0.2, -0.15) is 0 Å². The van der Waals surface area contributed by atoms with Crippen LogP contribution in [0.2, 0.25) is 0 Å². The summed E-state index contributed by atoms with van der Waals surface area (Å²) >= 11 is 0. The Balaban J connectivity index is 2.13. The fraction of sp³-hybridized carbons (Fsp3) is 0.917. The number of rotatable bonds is 7. The molecule has 4 heteroatoms. The zero-order valence-corrected chi connectivity index (χ0v) is 10.6. The Morgan fingerprint density at radius 2 is 2.25 bits per heavy atom. The normalized spacial score (nSPS) is 20.6. The Morgan fingerprint density at radius 3 is 2.81 bits per heavy atom. The molecule has 0 aliphatic carbocycles. The summed E-state index contributed by atoms with van der Waals surface area (Å²) in [6.45, 7) is 8.10. The minimum absolute atomic E-state index is 0.0865. The molecule has 0 aromatic heterocycles. The van der Waals surface area contributed by atoms with Gasteiger partial charge in [0, 0.05) is 12.6 Å². The van der Waals surface area contributed by atoms with Gasteiger partial charge in [0.25, 0.3) is 0 Å². The highest BCUT2D eigenvalue weighted by atomic mass is 16.6. The fourth-order valence-corrected chi connectivity index (χ4v) is 1.72. The van der Waals surface area contributed by atoms with Crippen LogP contribution >= 0.6 is 0 Å². The van der Waals surface area contributed by atoms with E-state index in [1.54, 1.807) is 4.90 Å². The molecule has 94 valence electrons. The van der Waals surface area contributed by atoms with Gasteiger partial charge in [-0.25, -0.2) is 4.79 Å². The van der Waals surface area contributed by atoms with Crippen LogP contribution in [0.1, 0.15) is 40.0 Å². The van der Waals surface area contributed by atoms with Crippen molar-refractivity contribution < 1.29 is 14.3 Å². The minimum atomic E-state index is -0.211. The molecule has 1 saturated heterocycles. The van der Waals surface area contributed by atoms with Gasteiger partial charge in [-0.15, -0.1) is 0 Å². The van der Waals surface area contributed by atoms with Crippen LogP contribution in [-0.4, -0.2) is 42.9 Å². The van der Waals surface area contributed by atoms with E-state index in [1.165, 1.54) is 12.8 Å². The van der Waals surface area contributed by atoms with Gasteiger partial charge in [0.05, 0.1) is 13.2 Å². The van der Waals surface area contributed by atoms with E-state index in [2.05, 4.69) is 6.92 Å². The minimum Gasteiger partial charge on any atom is -0.442 e. The second-order valence-corrected chi connectivity index (χ2v) is 4.53. The van der Waals surface area contributed by atoms with Crippen LogP contribution in [0.25, 0.3) is 0 Å². The average Bonchev–Trinajstić information content (AvgIpc) is 2.59. The molecule has 1 amide bonds. The molecular formula is C12H23NO3. The maximum atomic E-state index is 11.4. The Bertz CT molecular complexity index is 218. The van der Waals surface area contributed by atoms with E-state index in [9.17, 15) is 4.79 Å². The molecule has 1 unspecified atom stereocenters. The third kappa shape index (κ3) is 4.00. The molecular weight excluding hydrogens is 206 g/mol. The summed E-state index contributed by atoms with van der Waals surface area (Å²) in [6.07, 6.45) is 3.19. The van der Waals surface area contributed by atoms with E-state index >= 15 is 0 Å². The molecule has 1 heterocycles. The molecule has 0 aromatic rings. The number of ether oxygens (including phenoxy) is 2. The summed E-state index contributed by atoms with van der Waals surface area (Å²) in [6, 6.07) is 0.206. The molecule has 1 fully saturated rings. The van der Waals surface area contributed by atoms with Gasteiger partial charge in [-0.3, -0.25) is 0 Å². The highest BCUT2D eigenvalue weighted by molar-refractivity contribution is 5.70. The van der Waals surface area contributed by atoms with Gasteiger partial charge in [0.15, 0.2) is 0 Å². The molecule has 1 aliphatic rings. The van der Waals surface area contributed by atoms with Crippen molar-refractivity contribution in [3.05, 3.63) is 0 Å². The van der Waals surface area contributed by atoms with E-state index in [-0.39, 0.29) is 18.2 Å². The first-order valence-corrected chi connectivity index (χ1v) is 6.20. The Kier molecular flexibility index (Phi) is 5.60. The predicted octanol–water partition coefficient (Wildman–Crippen LogP) is 2.42. The first-order valence-electron chi connectivity index (χ1n) is 6.20.